The first kappa shape index (κ1) is 37.5. The fraction of sp³-hybridized carbons (Fsp3) is 0.972. The second-order valence-electron chi connectivity index (χ2n) is 12.3. The maximum absolute atomic E-state index is 12.7. The van der Waals surface area contributed by atoms with E-state index < -0.39 is 0 Å². The third-order valence-electron chi connectivity index (χ3n) is 8.39. The van der Waals surface area contributed by atoms with Gasteiger partial charge in [0.2, 0.25) is 0 Å². The summed E-state index contributed by atoms with van der Waals surface area (Å²) < 4.78 is 5.71. The van der Waals surface area contributed by atoms with Crippen molar-refractivity contribution in [2.75, 3.05) is 6.61 Å². The second-order valence-corrected chi connectivity index (χ2v) is 12.3. The molecule has 0 fully saturated rings. The van der Waals surface area contributed by atoms with Gasteiger partial charge in [-0.3, -0.25) is 4.79 Å². The van der Waals surface area contributed by atoms with Crippen LogP contribution in [0.4, 0.5) is 0 Å². The van der Waals surface area contributed by atoms with Gasteiger partial charge in [-0.2, -0.15) is 0 Å². The Kier molecular flexibility index (Phi) is 32.2. The first-order valence-electron chi connectivity index (χ1n) is 17.9. The lowest BCUT2D eigenvalue weighted by Gasteiger charge is -2.16. The Bertz CT molecular complexity index is 447. The maximum atomic E-state index is 12.7. The Balaban J connectivity index is 3.64. The number of hydrogen-bond acceptors (Lipinski definition) is 2. The van der Waals surface area contributed by atoms with E-state index in [-0.39, 0.29) is 11.9 Å². The highest BCUT2D eigenvalue weighted by atomic mass is 16.5. The molecule has 0 saturated carbocycles. The number of carbonyl (C=O) groups is 1. The molecule has 0 rings (SSSR count). The van der Waals surface area contributed by atoms with Crippen LogP contribution in [0.2, 0.25) is 0 Å². The van der Waals surface area contributed by atoms with E-state index in [9.17, 15) is 4.79 Å². The lowest BCUT2D eigenvalue weighted by atomic mass is 9.94. The smallest absolute Gasteiger partial charge is 0.308 e. The minimum atomic E-state index is 0.0964. The summed E-state index contributed by atoms with van der Waals surface area (Å²) in [6.07, 6.45) is 39.9. The van der Waals surface area contributed by atoms with Crippen LogP contribution in [0.5, 0.6) is 0 Å². The molecule has 0 aromatic heterocycles. The molecule has 0 aliphatic carbocycles. The Hall–Kier alpha value is -0.530. The van der Waals surface area contributed by atoms with E-state index in [1.807, 2.05) is 0 Å². The molecule has 1 unspecified atom stereocenters. The Labute approximate surface area is 241 Å². The lowest BCUT2D eigenvalue weighted by molar-refractivity contribution is -0.149. The predicted octanol–water partition coefficient (Wildman–Crippen LogP) is 12.9. The first-order valence-corrected chi connectivity index (χ1v) is 17.9. The number of rotatable bonds is 32. The van der Waals surface area contributed by atoms with E-state index in [0.717, 1.165) is 19.3 Å². The van der Waals surface area contributed by atoms with Gasteiger partial charge in [-0.25, -0.2) is 0 Å². The summed E-state index contributed by atoms with van der Waals surface area (Å²) in [4.78, 5) is 12.7. The zero-order valence-corrected chi connectivity index (χ0v) is 26.8. The summed E-state index contributed by atoms with van der Waals surface area (Å²) >= 11 is 0. The van der Waals surface area contributed by atoms with Crippen molar-refractivity contribution >= 4 is 5.97 Å². The number of ether oxygens (including phenoxy) is 1. The van der Waals surface area contributed by atoms with Gasteiger partial charge in [0.1, 0.15) is 0 Å². The summed E-state index contributed by atoms with van der Waals surface area (Å²) in [7, 11) is 0. The minimum Gasteiger partial charge on any atom is -0.465 e. The van der Waals surface area contributed by atoms with Crippen molar-refractivity contribution in [3.8, 4) is 0 Å². The Morgan fingerprint density at radius 2 is 0.658 bits per heavy atom. The van der Waals surface area contributed by atoms with Crippen LogP contribution >= 0.6 is 0 Å². The van der Waals surface area contributed by atoms with Crippen LogP contribution in [0.1, 0.15) is 213 Å². The first-order chi connectivity index (χ1) is 18.8. The molecule has 2 nitrogen and oxygen atoms in total. The fourth-order valence-corrected chi connectivity index (χ4v) is 5.66. The van der Waals surface area contributed by atoms with Crippen molar-refractivity contribution in [1.82, 2.24) is 0 Å². The van der Waals surface area contributed by atoms with Gasteiger partial charge >= 0.3 is 5.97 Å². The standard InChI is InChI=1S/C36H72O2/c1-4-7-10-12-14-15-16-17-18-19-20-21-22-23-24-25-27-30-33-35(32-29-9-6-3)36(37)38-34-31-28-26-13-11-8-5-2/h35H,4-34H2,1-3H3. The molecule has 0 aliphatic rings. The normalized spacial score (nSPS) is 12.2. The van der Waals surface area contributed by atoms with Crippen molar-refractivity contribution < 1.29 is 9.53 Å². The van der Waals surface area contributed by atoms with Crippen molar-refractivity contribution in [3.05, 3.63) is 0 Å². The molecule has 1 atom stereocenters. The summed E-state index contributed by atoms with van der Waals surface area (Å²) in [5, 5.41) is 0. The summed E-state index contributed by atoms with van der Waals surface area (Å²) in [6, 6.07) is 0. The van der Waals surface area contributed by atoms with Crippen molar-refractivity contribution in [2.24, 2.45) is 5.92 Å². The van der Waals surface area contributed by atoms with E-state index in [1.165, 1.54) is 173 Å². The van der Waals surface area contributed by atoms with E-state index in [1.54, 1.807) is 0 Å². The molecule has 38 heavy (non-hydrogen) atoms. The highest BCUT2D eigenvalue weighted by Gasteiger charge is 2.19. The van der Waals surface area contributed by atoms with Crippen molar-refractivity contribution in [2.45, 2.75) is 213 Å². The van der Waals surface area contributed by atoms with Gasteiger partial charge in [0.05, 0.1) is 12.5 Å². The van der Waals surface area contributed by atoms with Crippen LogP contribution < -0.4 is 0 Å². The minimum absolute atomic E-state index is 0.0964. The van der Waals surface area contributed by atoms with Crippen LogP contribution in [0, 0.1) is 5.92 Å². The van der Waals surface area contributed by atoms with Gasteiger partial charge in [-0.15, -0.1) is 0 Å². The molecule has 0 N–H and O–H groups in total. The highest BCUT2D eigenvalue weighted by molar-refractivity contribution is 5.72. The maximum Gasteiger partial charge on any atom is 0.308 e. The number of unbranched alkanes of at least 4 members (excludes halogenated alkanes) is 25. The highest BCUT2D eigenvalue weighted by Crippen LogP contribution is 2.21. The largest absolute Gasteiger partial charge is 0.465 e. The van der Waals surface area contributed by atoms with Gasteiger partial charge in [-0.05, 0) is 19.3 Å². The molecule has 0 saturated heterocycles. The average Bonchev–Trinajstić information content (AvgIpc) is 2.92. The molecular weight excluding hydrogens is 464 g/mol. The quantitative estimate of drug-likeness (QED) is 0.0631. The van der Waals surface area contributed by atoms with Crippen molar-refractivity contribution in [3.63, 3.8) is 0 Å². The Morgan fingerprint density at radius 3 is 1.03 bits per heavy atom. The topological polar surface area (TPSA) is 26.3 Å². The second kappa shape index (κ2) is 32.7. The number of esters is 1. The van der Waals surface area contributed by atoms with Gasteiger partial charge in [0, 0.05) is 0 Å². The van der Waals surface area contributed by atoms with Gasteiger partial charge in [0.25, 0.3) is 0 Å². The van der Waals surface area contributed by atoms with Gasteiger partial charge < -0.3 is 4.74 Å². The van der Waals surface area contributed by atoms with Crippen LogP contribution in [0.15, 0.2) is 0 Å². The van der Waals surface area contributed by atoms with E-state index in [0.29, 0.717) is 6.61 Å². The fourth-order valence-electron chi connectivity index (χ4n) is 5.66. The summed E-state index contributed by atoms with van der Waals surface area (Å²) in [6.45, 7) is 7.43. The van der Waals surface area contributed by atoms with E-state index in [4.69, 9.17) is 4.74 Å². The number of carbonyl (C=O) groups excluding carboxylic acids is 1. The average molecular weight is 537 g/mol. The van der Waals surface area contributed by atoms with Crippen molar-refractivity contribution in [1.29, 1.82) is 0 Å². The molecular formula is C36H72O2. The van der Waals surface area contributed by atoms with E-state index >= 15 is 0 Å². The monoisotopic (exact) mass is 537 g/mol. The SMILES string of the molecule is CCCCCCCCCCCCCCCCCCCCC(CCCCC)C(=O)OCCCCCCCCC. The molecule has 0 bridgehead atoms. The predicted molar refractivity (Wildman–Crippen MR) is 170 cm³/mol. The van der Waals surface area contributed by atoms with Crippen LogP contribution in [-0.2, 0) is 9.53 Å². The molecule has 2 heteroatoms. The molecule has 0 aromatic carbocycles. The summed E-state index contributed by atoms with van der Waals surface area (Å²) in [5.74, 6) is 0.242. The van der Waals surface area contributed by atoms with Crippen LogP contribution in [-0.4, -0.2) is 12.6 Å². The number of hydrogen-bond donors (Lipinski definition) is 0. The molecule has 0 aliphatic heterocycles. The molecule has 0 heterocycles. The molecule has 228 valence electrons. The third-order valence-corrected chi connectivity index (χ3v) is 8.39. The van der Waals surface area contributed by atoms with Crippen LogP contribution in [0.25, 0.3) is 0 Å². The van der Waals surface area contributed by atoms with E-state index in [2.05, 4.69) is 20.8 Å². The van der Waals surface area contributed by atoms with Crippen LogP contribution in [0.3, 0.4) is 0 Å². The molecule has 0 aromatic rings. The molecule has 0 amide bonds. The zero-order valence-electron chi connectivity index (χ0n) is 26.8. The summed E-state index contributed by atoms with van der Waals surface area (Å²) in [5.41, 5.74) is 0. The lowest BCUT2D eigenvalue weighted by Crippen LogP contribution is -2.18. The molecule has 0 spiro atoms. The molecule has 0 radical (unpaired) electrons. The zero-order chi connectivity index (χ0) is 27.8. The third kappa shape index (κ3) is 28.5. The van der Waals surface area contributed by atoms with Gasteiger partial charge in [0.15, 0.2) is 0 Å². The Morgan fingerprint density at radius 1 is 0.395 bits per heavy atom. The van der Waals surface area contributed by atoms with Gasteiger partial charge in [-0.1, -0.05) is 194 Å².